The Morgan fingerprint density at radius 2 is 1.46 bits per heavy atom. The van der Waals surface area contributed by atoms with Crippen molar-refractivity contribution in [2.45, 2.75) is 26.5 Å². The van der Waals surface area contributed by atoms with Crippen LogP contribution in [0, 0.1) is 13.8 Å². The number of fused-ring (bicyclic) bond motifs is 1. The predicted molar refractivity (Wildman–Crippen MR) is 157 cm³/mol. The summed E-state index contributed by atoms with van der Waals surface area (Å²) in [4.78, 5) is 0. The fourth-order valence-corrected chi connectivity index (χ4v) is 5.08. The number of halogens is 1. The molecule has 5 rings (SSSR count). The summed E-state index contributed by atoms with van der Waals surface area (Å²) in [6, 6.07) is 33.3. The Hall–Kier alpha value is -3.73. The third-order valence-electron chi connectivity index (χ3n) is 6.63. The van der Waals surface area contributed by atoms with Crippen molar-refractivity contribution in [2.24, 2.45) is 0 Å². The van der Waals surface area contributed by atoms with Crippen LogP contribution in [0.3, 0.4) is 0 Å². The highest BCUT2D eigenvalue weighted by molar-refractivity contribution is 6.06. The Balaban J connectivity index is 0.00000320. The second-order valence-corrected chi connectivity index (χ2v) is 9.31. The lowest BCUT2D eigenvalue weighted by molar-refractivity contribution is 0.169. The SMILES string of the molecule is COc1ccc(NCC(O)Cn2c(-c3ccccc3)c(-c3ccccc3)c3cc(C)cc(C)c32)cc1.Cl. The lowest BCUT2D eigenvalue weighted by Crippen LogP contribution is -2.25. The molecule has 0 aliphatic carbocycles. The Morgan fingerprint density at radius 3 is 2.08 bits per heavy atom. The number of aliphatic hydroxyl groups is 1. The monoisotopic (exact) mass is 512 g/mol. The number of aliphatic hydroxyl groups excluding tert-OH is 1. The normalized spacial score (nSPS) is 11.7. The van der Waals surface area contributed by atoms with Gasteiger partial charge in [-0.1, -0.05) is 72.3 Å². The molecular formula is C32H33ClN2O2. The van der Waals surface area contributed by atoms with Gasteiger partial charge in [-0.3, -0.25) is 0 Å². The average Bonchev–Trinajstić information content (AvgIpc) is 3.22. The molecule has 0 bridgehead atoms. The van der Waals surface area contributed by atoms with E-state index in [9.17, 15) is 5.11 Å². The molecule has 0 spiro atoms. The zero-order valence-electron chi connectivity index (χ0n) is 21.4. The third kappa shape index (κ3) is 5.51. The molecule has 0 amide bonds. The second-order valence-electron chi connectivity index (χ2n) is 9.31. The van der Waals surface area contributed by atoms with E-state index in [1.165, 1.54) is 33.2 Å². The van der Waals surface area contributed by atoms with Gasteiger partial charge in [0.15, 0.2) is 0 Å². The standard InChI is InChI=1S/C32H32N2O2.ClH/c1-22-18-23(2)31-29(19-22)30(24-10-6-4-7-11-24)32(25-12-8-5-9-13-25)34(31)21-27(35)20-33-26-14-16-28(36-3)17-15-26;/h4-19,27,33,35H,20-21H2,1-3H3;1H. The van der Waals surface area contributed by atoms with Crippen molar-refractivity contribution in [1.29, 1.82) is 0 Å². The minimum absolute atomic E-state index is 0. The molecule has 0 aliphatic heterocycles. The van der Waals surface area contributed by atoms with Gasteiger partial charge in [-0.15, -0.1) is 12.4 Å². The maximum atomic E-state index is 11.2. The highest BCUT2D eigenvalue weighted by atomic mass is 35.5. The van der Waals surface area contributed by atoms with Crippen LogP contribution in [-0.4, -0.2) is 29.4 Å². The second kappa shape index (κ2) is 11.5. The van der Waals surface area contributed by atoms with Crippen molar-refractivity contribution in [3.05, 3.63) is 108 Å². The van der Waals surface area contributed by atoms with Gasteiger partial charge >= 0.3 is 0 Å². The molecule has 1 heterocycles. The lowest BCUT2D eigenvalue weighted by Gasteiger charge is -2.19. The lowest BCUT2D eigenvalue weighted by atomic mass is 9.97. The van der Waals surface area contributed by atoms with Crippen molar-refractivity contribution in [3.8, 4) is 28.1 Å². The van der Waals surface area contributed by atoms with Gasteiger partial charge in [0.1, 0.15) is 5.75 Å². The molecule has 4 nitrogen and oxygen atoms in total. The first kappa shape index (κ1) is 26.3. The molecule has 5 aromatic rings. The van der Waals surface area contributed by atoms with Gasteiger partial charge in [0.25, 0.3) is 0 Å². The van der Waals surface area contributed by atoms with Gasteiger partial charge in [0.2, 0.25) is 0 Å². The van der Waals surface area contributed by atoms with Crippen LogP contribution in [-0.2, 0) is 6.54 Å². The summed E-state index contributed by atoms with van der Waals surface area (Å²) < 4.78 is 7.56. The Morgan fingerprint density at radius 1 is 0.838 bits per heavy atom. The Kier molecular flexibility index (Phi) is 8.22. The maximum absolute atomic E-state index is 11.2. The van der Waals surface area contributed by atoms with Gasteiger partial charge < -0.3 is 19.7 Å². The van der Waals surface area contributed by atoms with E-state index in [0.29, 0.717) is 13.1 Å². The number of hydrogen-bond donors (Lipinski definition) is 2. The molecule has 1 atom stereocenters. The van der Waals surface area contributed by atoms with Gasteiger partial charge in [-0.25, -0.2) is 0 Å². The summed E-state index contributed by atoms with van der Waals surface area (Å²) in [5.41, 5.74) is 9.22. The first-order valence-corrected chi connectivity index (χ1v) is 12.4. The molecule has 2 N–H and O–H groups in total. The van der Waals surface area contributed by atoms with Gasteiger partial charge in [-0.2, -0.15) is 0 Å². The number of anilines is 1. The van der Waals surface area contributed by atoms with Crippen LogP contribution in [0.1, 0.15) is 11.1 Å². The van der Waals surface area contributed by atoms with Crippen molar-refractivity contribution < 1.29 is 9.84 Å². The number of aryl methyl sites for hydroxylation is 2. The molecule has 4 aromatic carbocycles. The molecule has 1 aromatic heterocycles. The summed E-state index contributed by atoms with van der Waals surface area (Å²) in [7, 11) is 1.66. The number of nitrogens with one attached hydrogen (secondary N) is 1. The van der Waals surface area contributed by atoms with Gasteiger partial charge in [-0.05, 0) is 60.9 Å². The first-order valence-electron chi connectivity index (χ1n) is 12.4. The molecule has 0 aliphatic rings. The van der Waals surface area contributed by atoms with Crippen LogP contribution in [0.4, 0.5) is 5.69 Å². The van der Waals surface area contributed by atoms with E-state index in [4.69, 9.17) is 4.74 Å². The quantitative estimate of drug-likeness (QED) is 0.226. The van der Waals surface area contributed by atoms with Gasteiger partial charge in [0.05, 0.1) is 31.0 Å². The number of rotatable bonds is 8. The Bertz CT molecular complexity index is 1460. The number of hydrogen-bond acceptors (Lipinski definition) is 3. The highest BCUT2D eigenvalue weighted by Gasteiger charge is 2.23. The van der Waals surface area contributed by atoms with E-state index < -0.39 is 6.10 Å². The summed E-state index contributed by atoms with van der Waals surface area (Å²) in [5.74, 6) is 0.812. The van der Waals surface area contributed by atoms with Crippen molar-refractivity contribution in [3.63, 3.8) is 0 Å². The fraction of sp³-hybridized carbons (Fsp3) is 0.188. The molecule has 0 saturated heterocycles. The maximum Gasteiger partial charge on any atom is 0.119 e. The summed E-state index contributed by atoms with van der Waals surface area (Å²) in [6.45, 7) is 5.22. The van der Waals surface area contributed by atoms with E-state index in [2.05, 4.69) is 90.5 Å². The number of benzene rings is 4. The van der Waals surface area contributed by atoms with Crippen molar-refractivity contribution in [2.75, 3.05) is 19.0 Å². The van der Waals surface area contributed by atoms with Crippen molar-refractivity contribution in [1.82, 2.24) is 4.57 Å². The molecule has 0 fully saturated rings. The van der Waals surface area contributed by atoms with Crippen LogP contribution in [0.2, 0.25) is 0 Å². The molecular weight excluding hydrogens is 480 g/mol. The van der Waals surface area contributed by atoms with E-state index >= 15 is 0 Å². The minimum atomic E-state index is -0.588. The smallest absolute Gasteiger partial charge is 0.119 e. The largest absolute Gasteiger partial charge is 0.497 e. The average molecular weight is 513 g/mol. The zero-order valence-corrected chi connectivity index (χ0v) is 22.3. The summed E-state index contributed by atoms with van der Waals surface area (Å²) in [6.07, 6.45) is -0.588. The first-order chi connectivity index (χ1) is 17.5. The van der Waals surface area contributed by atoms with E-state index in [0.717, 1.165) is 22.7 Å². The predicted octanol–water partition coefficient (Wildman–Crippen LogP) is 7.50. The summed E-state index contributed by atoms with van der Waals surface area (Å²) in [5, 5.41) is 15.8. The van der Waals surface area contributed by atoms with Crippen LogP contribution >= 0.6 is 12.4 Å². The Labute approximate surface area is 225 Å². The topological polar surface area (TPSA) is 46.4 Å². The summed E-state index contributed by atoms with van der Waals surface area (Å²) >= 11 is 0. The van der Waals surface area contributed by atoms with Gasteiger partial charge in [0, 0.05) is 23.2 Å². The van der Waals surface area contributed by atoms with E-state index in [-0.39, 0.29) is 12.4 Å². The molecule has 37 heavy (non-hydrogen) atoms. The molecule has 5 heteroatoms. The highest BCUT2D eigenvalue weighted by Crippen LogP contribution is 2.42. The molecule has 0 saturated carbocycles. The van der Waals surface area contributed by atoms with Crippen LogP contribution in [0.25, 0.3) is 33.3 Å². The van der Waals surface area contributed by atoms with Crippen LogP contribution in [0.15, 0.2) is 97.1 Å². The number of ether oxygens (including phenoxy) is 1. The van der Waals surface area contributed by atoms with E-state index in [1.54, 1.807) is 7.11 Å². The van der Waals surface area contributed by atoms with E-state index in [1.807, 2.05) is 30.3 Å². The third-order valence-corrected chi connectivity index (χ3v) is 6.63. The van der Waals surface area contributed by atoms with Crippen LogP contribution in [0.5, 0.6) is 5.75 Å². The number of aromatic nitrogens is 1. The van der Waals surface area contributed by atoms with Crippen molar-refractivity contribution >= 4 is 29.0 Å². The minimum Gasteiger partial charge on any atom is -0.497 e. The number of methoxy groups -OCH3 is 1. The molecule has 1 unspecified atom stereocenters. The zero-order chi connectivity index (χ0) is 25.1. The molecule has 0 radical (unpaired) electrons. The number of nitrogens with zero attached hydrogens (tertiary/aromatic N) is 1. The molecule has 190 valence electrons. The fourth-order valence-electron chi connectivity index (χ4n) is 5.08. The van der Waals surface area contributed by atoms with Crippen LogP contribution < -0.4 is 10.1 Å².